The summed E-state index contributed by atoms with van der Waals surface area (Å²) in [5.41, 5.74) is 2.82. The molecule has 0 bridgehead atoms. The normalized spacial score (nSPS) is 10.0. The van der Waals surface area contributed by atoms with E-state index in [0.717, 1.165) is 17.5 Å². The molecule has 1 heterocycles. The number of terminal acetylenes is 1. The van der Waals surface area contributed by atoms with E-state index in [0.29, 0.717) is 17.0 Å². The van der Waals surface area contributed by atoms with Crippen molar-refractivity contribution in [2.45, 2.75) is 0 Å². The Morgan fingerprint density at radius 1 is 1.17 bits per heavy atom. The molecule has 3 rings (SSSR count). The minimum atomic E-state index is 0.197. The number of rotatable bonds is 5. The number of para-hydroxylation sites is 1. The van der Waals surface area contributed by atoms with Gasteiger partial charge in [-0.1, -0.05) is 36.3 Å². The molecule has 0 radical (unpaired) electrons. The summed E-state index contributed by atoms with van der Waals surface area (Å²) in [4.78, 5) is 11.4. The van der Waals surface area contributed by atoms with Gasteiger partial charge in [-0.15, -0.1) is 6.42 Å². The Bertz CT molecular complexity index is 861. The number of ether oxygens (including phenoxy) is 1. The molecular weight excluding hydrogens is 288 g/mol. The summed E-state index contributed by atoms with van der Waals surface area (Å²) in [6.45, 7) is 0.197. The highest BCUT2D eigenvalue weighted by Crippen LogP contribution is 2.26. The van der Waals surface area contributed by atoms with Crippen molar-refractivity contribution in [2.75, 3.05) is 6.61 Å². The lowest BCUT2D eigenvalue weighted by atomic mass is 10.1. The molecule has 1 aromatic heterocycles. The summed E-state index contributed by atoms with van der Waals surface area (Å²) < 4.78 is 7.11. The minimum absolute atomic E-state index is 0.197. The van der Waals surface area contributed by atoms with E-state index in [2.05, 4.69) is 11.0 Å². The van der Waals surface area contributed by atoms with E-state index in [1.807, 2.05) is 54.6 Å². The molecule has 0 aliphatic carbocycles. The van der Waals surface area contributed by atoms with Crippen LogP contribution in [0.5, 0.6) is 5.75 Å². The van der Waals surface area contributed by atoms with Crippen molar-refractivity contribution in [3.8, 4) is 35.0 Å². The van der Waals surface area contributed by atoms with Crippen molar-refractivity contribution in [3.05, 3.63) is 66.4 Å². The van der Waals surface area contributed by atoms with Gasteiger partial charge in [0.2, 0.25) is 0 Å². The van der Waals surface area contributed by atoms with Crippen molar-refractivity contribution in [1.82, 2.24) is 9.78 Å². The molecule has 2 aromatic carbocycles. The Labute approximate surface area is 134 Å². The molecular formula is C19H14N2O2. The SMILES string of the molecule is C#CCOc1cccc(-c2nn(-c3ccccc3)cc2C=O)c1. The maximum atomic E-state index is 11.4. The Kier molecular flexibility index (Phi) is 4.21. The standard InChI is InChI=1S/C19H14N2O2/c1-2-11-23-18-10-6-7-15(12-18)19-16(14-22)13-21(20-19)17-8-4-3-5-9-17/h1,3-10,12-14H,11H2. The molecule has 112 valence electrons. The fraction of sp³-hybridized carbons (Fsp3) is 0.0526. The van der Waals surface area contributed by atoms with Crippen LogP contribution >= 0.6 is 0 Å². The van der Waals surface area contributed by atoms with Gasteiger partial charge in [-0.2, -0.15) is 5.10 Å². The lowest BCUT2D eigenvalue weighted by Crippen LogP contribution is -1.95. The maximum absolute atomic E-state index is 11.4. The van der Waals surface area contributed by atoms with Gasteiger partial charge in [-0.25, -0.2) is 4.68 Å². The highest BCUT2D eigenvalue weighted by molar-refractivity contribution is 5.85. The van der Waals surface area contributed by atoms with Crippen LogP contribution in [0.15, 0.2) is 60.8 Å². The van der Waals surface area contributed by atoms with Gasteiger partial charge >= 0.3 is 0 Å². The van der Waals surface area contributed by atoms with E-state index in [1.165, 1.54) is 0 Å². The van der Waals surface area contributed by atoms with Gasteiger partial charge in [0.1, 0.15) is 18.1 Å². The zero-order valence-corrected chi connectivity index (χ0v) is 12.3. The van der Waals surface area contributed by atoms with Gasteiger partial charge in [0, 0.05) is 11.8 Å². The predicted octanol–water partition coefficient (Wildman–Crippen LogP) is 3.36. The van der Waals surface area contributed by atoms with Gasteiger partial charge in [-0.05, 0) is 24.3 Å². The van der Waals surface area contributed by atoms with Crippen molar-refractivity contribution >= 4 is 6.29 Å². The summed E-state index contributed by atoms with van der Waals surface area (Å²) in [7, 11) is 0. The second-order valence-electron chi connectivity index (χ2n) is 4.85. The molecule has 0 aliphatic heterocycles. The average molecular weight is 302 g/mol. The lowest BCUT2D eigenvalue weighted by Gasteiger charge is -2.04. The number of nitrogens with zero attached hydrogens (tertiary/aromatic N) is 2. The zero-order valence-electron chi connectivity index (χ0n) is 12.3. The number of carbonyl (C=O) groups excluding carboxylic acids is 1. The highest BCUT2D eigenvalue weighted by atomic mass is 16.5. The Morgan fingerprint density at radius 3 is 2.74 bits per heavy atom. The third kappa shape index (κ3) is 3.14. The quantitative estimate of drug-likeness (QED) is 0.536. The molecule has 0 N–H and O–H groups in total. The molecule has 0 aliphatic rings. The fourth-order valence-corrected chi connectivity index (χ4v) is 2.27. The van der Waals surface area contributed by atoms with E-state index in [-0.39, 0.29) is 6.61 Å². The first-order valence-electron chi connectivity index (χ1n) is 7.09. The molecule has 3 aromatic rings. The molecule has 0 unspecified atom stereocenters. The van der Waals surface area contributed by atoms with Gasteiger partial charge in [0.15, 0.2) is 6.29 Å². The van der Waals surface area contributed by atoms with Crippen LogP contribution in [0.2, 0.25) is 0 Å². The number of hydrogen-bond acceptors (Lipinski definition) is 3. The summed E-state index contributed by atoms with van der Waals surface area (Å²) in [6, 6.07) is 17.0. The number of aromatic nitrogens is 2. The first kappa shape index (κ1) is 14.6. The van der Waals surface area contributed by atoms with Gasteiger partial charge in [0.05, 0.1) is 11.3 Å². The summed E-state index contributed by atoms with van der Waals surface area (Å²) in [6.07, 6.45) is 7.72. The van der Waals surface area contributed by atoms with Crippen LogP contribution in [0.25, 0.3) is 16.9 Å². The van der Waals surface area contributed by atoms with Crippen molar-refractivity contribution in [3.63, 3.8) is 0 Å². The van der Waals surface area contributed by atoms with E-state index in [9.17, 15) is 4.79 Å². The van der Waals surface area contributed by atoms with Crippen LogP contribution in [0.4, 0.5) is 0 Å². The third-order valence-corrected chi connectivity index (χ3v) is 3.32. The molecule has 0 atom stereocenters. The Morgan fingerprint density at radius 2 is 2.00 bits per heavy atom. The smallest absolute Gasteiger partial charge is 0.153 e. The number of benzene rings is 2. The summed E-state index contributed by atoms with van der Waals surface area (Å²) >= 11 is 0. The van der Waals surface area contributed by atoms with Crippen LogP contribution in [0.3, 0.4) is 0 Å². The molecule has 0 amide bonds. The molecule has 4 nitrogen and oxygen atoms in total. The van der Waals surface area contributed by atoms with E-state index in [4.69, 9.17) is 11.2 Å². The average Bonchev–Trinajstić information content (AvgIpc) is 3.05. The van der Waals surface area contributed by atoms with Crippen LogP contribution in [-0.4, -0.2) is 22.7 Å². The van der Waals surface area contributed by atoms with Crippen LogP contribution in [0.1, 0.15) is 10.4 Å². The third-order valence-electron chi connectivity index (χ3n) is 3.32. The first-order chi connectivity index (χ1) is 11.3. The number of hydrogen-bond donors (Lipinski definition) is 0. The topological polar surface area (TPSA) is 44.1 Å². The number of aldehydes is 1. The summed E-state index contributed by atoms with van der Waals surface area (Å²) in [5.74, 6) is 3.07. The first-order valence-corrected chi connectivity index (χ1v) is 7.09. The minimum Gasteiger partial charge on any atom is -0.481 e. The predicted molar refractivity (Wildman–Crippen MR) is 88.7 cm³/mol. The number of carbonyl (C=O) groups is 1. The van der Waals surface area contributed by atoms with Gasteiger partial charge in [0.25, 0.3) is 0 Å². The lowest BCUT2D eigenvalue weighted by molar-refractivity contribution is 0.112. The molecule has 0 saturated heterocycles. The second-order valence-corrected chi connectivity index (χ2v) is 4.85. The Balaban J connectivity index is 2.01. The maximum Gasteiger partial charge on any atom is 0.153 e. The van der Waals surface area contributed by atoms with E-state index in [1.54, 1.807) is 10.9 Å². The Hall–Kier alpha value is -3.32. The molecule has 4 heteroatoms. The fourth-order valence-electron chi connectivity index (χ4n) is 2.27. The van der Waals surface area contributed by atoms with E-state index < -0.39 is 0 Å². The van der Waals surface area contributed by atoms with Gasteiger partial charge < -0.3 is 4.74 Å². The van der Waals surface area contributed by atoms with Crippen LogP contribution in [-0.2, 0) is 0 Å². The van der Waals surface area contributed by atoms with Crippen LogP contribution < -0.4 is 4.74 Å². The monoisotopic (exact) mass is 302 g/mol. The van der Waals surface area contributed by atoms with E-state index >= 15 is 0 Å². The van der Waals surface area contributed by atoms with Crippen molar-refractivity contribution < 1.29 is 9.53 Å². The molecule has 0 fully saturated rings. The highest BCUT2D eigenvalue weighted by Gasteiger charge is 2.12. The van der Waals surface area contributed by atoms with Gasteiger partial charge in [-0.3, -0.25) is 4.79 Å². The second kappa shape index (κ2) is 6.63. The van der Waals surface area contributed by atoms with Crippen LogP contribution in [0, 0.1) is 12.3 Å². The van der Waals surface area contributed by atoms with Crippen molar-refractivity contribution in [2.24, 2.45) is 0 Å². The largest absolute Gasteiger partial charge is 0.481 e. The zero-order chi connectivity index (χ0) is 16.1. The molecule has 0 saturated carbocycles. The summed E-state index contributed by atoms with van der Waals surface area (Å²) in [5, 5.41) is 4.53. The molecule has 23 heavy (non-hydrogen) atoms. The molecule has 0 spiro atoms. The van der Waals surface area contributed by atoms with Crippen molar-refractivity contribution in [1.29, 1.82) is 0 Å².